The van der Waals surface area contributed by atoms with Crippen LogP contribution in [0.5, 0.6) is 11.5 Å². The van der Waals surface area contributed by atoms with Crippen molar-refractivity contribution in [2.24, 2.45) is 0 Å². The number of rotatable bonds is 6. The van der Waals surface area contributed by atoms with E-state index in [9.17, 15) is 4.39 Å². The van der Waals surface area contributed by atoms with Crippen molar-refractivity contribution < 1.29 is 13.9 Å². The smallest absolute Gasteiger partial charge is 0.229 e. The molecule has 0 unspecified atom stereocenters. The topological polar surface area (TPSA) is 68.3 Å². The monoisotopic (exact) mass is 354 g/mol. The van der Waals surface area contributed by atoms with Gasteiger partial charge >= 0.3 is 0 Å². The molecule has 0 saturated carbocycles. The molecule has 0 aliphatic heterocycles. The predicted molar refractivity (Wildman–Crippen MR) is 99.3 cm³/mol. The van der Waals surface area contributed by atoms with Crippen LogP contribution in [0.25, 0.3) is 0 Å². The van der Waals surface area contributed by atoms with Gasteiger partial charge in [-0.1, -0.05) is 0 Å². The molecule has 26 heavy (non-hydrogen) atoms. The first-order chi connectivity index (χ1) is 12.6. The van der Waals surface area contributed by atoms with Crippen LogP contribution >= 0.6 is 0 Å². The van der Waals surface area contributed by atoms with Gasteiger partial charge in [0.15, 0.2) is 11.5 Å². The Morgan fingerprint density at radius 1 is 0.808 bits per heavy atom. The first-order valence-corrected chi connectivity index (χ1v) is 7.94. The summed E-state index contributed by atoms with van der Waals surface area (Å²) in [6.45, 7) is 1.87. The maximum absolute atomic E-state index is 13.0. The molecule has 0 fully saturated rings. The molecule has 2 aromatic carbocycles. The quantitative estimate of drug-likeness (QED) is 0.683. The Bertz CT molecular complexity index is 901. The van der Waals surface area contributed by atoms with E-state index in [2.05, 4.69) is 20.6 Å². The van der Waals surface area contributed by atoms with Crippen LogP contribution in [0.15, 0.2) is 48.5 Å². The van der Waals surface area contributed by atoms with Gasteiger partial charge in [0.2, 0.25) is 5.95 Å². The van der Waals surface area contributed by atoms with Crippen LogP contribution in [0, 0.1) is 12.7 Å². The molecule has 0 saturated heterocycles. The molecule has 0 aliphatic carbocycles. The number of ether oxygens (including phenoxy) is 2. The van der Waals surface area contributed by atoms with E-state index in [0.29, 0.717) is 23.3 Å². The fourth-order valence-electron chi connectivity index (χ4n) is 2.41. The van der Waals surface area contributed by atoms with Crippen LogP contribution in [0.3, 0.4) is 0 Å². The van der Waals surface area contributed by atoms with Crippen LogP contribution in [0.2, 0.25) is 0 Å². The molecule has 1 aromatic heterocycles. The summed E-state index contributed by atoms with van der Waals surface area (Å²) in [6.07, 6.45) is 0. The van der Waals surface area contributed by atoms with E-state index in [4.69, 9.17) is 9.47 Å². The van der Waals surface area contributed by atoms with Gasteiger partial charge in [-0.05, 0) is 43.3 Å². The second kappa shape index (κ2) is 7.69. The van der Waals surface area contributed by atoms with Gasteiger partial charge < -0.3 is 20.1 Å². The summed E-state index contributed by atoms with van der Waals surface area (Å²) >= 11 is 0. The Balaban J connectivity index is 1.82. The first kappa shape index (κ1) is 17.5. The van der Waals surface area contributed by atoms with Gasteiger partial charge in [-0.2, -0.15) is 4.98 Å². The summed E-state index contributed by atoms with van der Waals surface area (Å²) in [7, 11) is 3.16. The van der Waals surface area contributed by atoms with Gasteiger partial charge in [-0.15, -0.1) is 0 Å². The van der Waals surface area contributed by atoms with Crippen LogP contribution in [0.1, 0.15) is 5.69 Å². The van der Waals surface area contributed by atoms with Gasteiger partial charge in [-0.3, -0.25) is 0 Å². The largest absolute Gasteiger partial charge is 0.493 e. The molecule has 3 rings (SSSR count). The number of anilines is 4. The lowest BCUT2D eigenvalue weighted by Gasteiger charge is -2.12. The van der Waals surface area contributed by atoms with E-state index in [1.165, 1.54) is 12.1 Å². The van der Waals surface area contributed by atoms with Crippen molar-refractivity contribution in [1.82, 2.24) is 9.97 Å². The minimum absolute atomic E-state index is 0.287. The van der Waals surface area contributed by atoms with E-state index in [0.717, 1.165) is 17.1 Å². The van der Waals surface area contributed by atoms with E-state index >= 15 is 0 Å². The zero-order valence-corrected chi connectivity index (χ0v) is 14.7. The highest BCUT2D eigenvalue weighted by molar-refractivity contribution is 5.62. The van der Waals surface area contributed by atoms with Crippen LogP contribution in [-0.4, -0.2) is 24.2 Å². The SMILES string of the molecule is COc1ccc(Nc2nc(C)cc(Nc3ccc(F)cc3)n2)cc1OC. The van der Waals surface area contributed by atoms with Crippen molar-refractivity contribution in [1.29, 1.82) is 0 Å². The van der Waals surface area contributed by atoms with Crippen LogP contribution in [0.4, 0.5) is 27.5 Å². The third-order valence-corrected chi connectivity index (χ3v) is 3.61. The minimum atomic E-state index is -0.287. The zero-order valence-electron chi connectivity index (χ0n) is 14.7. The highest BCUT2D eigenvalue weighted by atomic mass is 19.1. The van der Waals surface area contributed by atoms with Crippen LogP contribution in [-0.2, 0) is 0 Å². The Morgan fingerprint density at radius 2 is 1.50 bits per heavy atom. The Kier molecular flexibility index (Phi) is 5.17. The van der Waals surface area contributed by atoms with E-state index < -0.39 is 0 Å². The summed E-state index contributed by atoms with van der Waals surface area (Å²) in [6, 6.07) is 13.3. The molecule has 7 heteroatoms. The fraction of sp³-hybridized carbons (Fsp3) is 0.158. The fourth-order valence-corrected chi connectivity index (χ4v) is 2.41. The Morgan fingerprint density at radius 3 is 2.19 bits per heavy atom. The van der Waals surface area contributed by atoms with Crippen molar-refractivity contribution in [3.63, 3.8) is 0 Å². The summed E-state index contributed by atoms with van der Waals surface area (Å²) in [4.78, 5) is 8.83. The lowest BCUT2D eigenvalue weighted by atomic mass is 10.2. The maximum Gasteiger partial charge on any atom is 0.229 e. The Hall–Kier alpha value is -3.35. The molecule has 1 heterocycles. The van der Waals surface area contributed by atoms with Crippen molar-refractivity contribution in [2.75, 3.05) is 24.9 Å². The van der Waals surface area contributed by atoms with Gasteiger partial charge in [0.1, 0.15) is 11.6 Å². The predicted octanol–water partition coefficient (Wildman–Crippen LogP) is 4.43. The van der Waals surface area contributed by atoms with E-state index in [-0.39, 0.29) is 5.82 Å². The highest BCUT2D eigenvalue weighted by Gasteiger charge is 2.07. The minimum Gasteiger partial charge on any atom is -0.493 e. The molecular formula is C19H19FN4O2. The molecule has 0 aliphatic rings. The van der Waals surface area contributed by atoms with Crippen molar-refractivity contribution in [3.05, 3.63) is 60.0 Å². The molecule has 0 atom stereocenters. The maximum atomic E-state index is 13.0. The number of hydrogen-bond acceptors (Lipinski definition) is 6. The number of halogens is 1. The van der Waals surface area contributed by atoms with Gasteiger partial charge in [-0.25, -0.2) is 9.37 Å². The number of aryl methyl sites for hydroxylation is 1. The number of aromatic nitrogens is 2. The highest BCUT2D eigenvalue weighted by Crippen LogP contribution is 2.30. The van der Waals surface area contributed by atoms with E-state index in [1.807, 2.05) is 19.1 Å². The van der Waals surface area contributed by atoms with Crippen molar-refractivity contribution >= 4 is 23.1 Å². The number of nitrogens with one attached hydrogen (secondary N) is 2. The van der Waals surface area contributed by atoms with Gasteiger partial charge in [0.25, 0.3) is 0 Å². The molecule has 6 nitrogen and oxygen atoms in total. The molecule has 0 spiro atoms. The number of methoxy groups -OCH3 is 2. The molecule has 0 radical (unpaired) electrons. The third-order valence-electron chi connectivity index (χ3n) is 3.61. The average Bonchev–Trinajstić information content (AvgIpc) is 2.63. The number of nitrogens with zero attached hydrogens (tertiary/aromatic N) is 2. The van der Waals surface area contributed by atoms with E-state index in [1.54, 1.807) is 38.5 Å². The molecule has 3 aromatic rings. The molecule has 134 valence electrons. The van der Waals surface area contributed by atoms with Crippen LogP contribution < -0.4 is 20.1 Å². The summed E-state index contributed by atoms with van der Waals surface area (Å²) in [5.74, 6) is 2.00. The third kappa shape index (κ3) is 4.18. The second-order valence-corrected chi connectivity index (χ2v) is 5.54. The van der Waals surface area contributed by atoms with Crippen molar-refractivity contribution in [3.8, 4) is 11.5 Å². The van der Waals surface area contributed by atoms with Gasteiger partial charge in [0.05, 0.1) is 14.2 Å². The lowest BCUT2D eigenvalue weighted by Crippen LogP contribution is -2.02. The average molecular weight is 354 g/mol. The number of benzene rings is 2. The number of hydrogen-bond donors (Lipinski definition) is 2. The normalized spacial score (nSPS) is 10.3. The standard InChI is InChI=1S/C19H19FN4O2/c1-12-10-18(22-14-6-4-13(20)5-7-14)24-19(21-12)23-15-8-9-16(25-2)17(11-15)26-3/h4-11H,1-3H3,(H2,21,22,23,24). The van der Waals surface area contributed by atoms with Gasteiger partial charge in [0, 0.05) is 29.2 Å². The molecule has 0 amide bonds. The molecular weight excluding hydrogens is 335 g/mol. The summed E-state index contributed by atoms with van der Waals surface area (Å²) in [5.41, 5.74) is 2.29. The zero-order chi connectivity index (χ0) is 18.5. The lowest BCUT2D eigenvalue weighted by molar-refractivity contribution is 0.355. The molecule has 0 bridgehead atoms. The second-order valence-electron chi connectivity index (χ2n) is 5.54. The first-order valence-electron chi connectivity index (χ1n) is 7.94. The summed E-state index contributed by atoms with van der Waals surface area (Å²) in [5, 5.41) is 6.28. The van der Waals surface area contributed by atoms with Crippen molar-refractivity contribution in [2.45, 2.75) is 6.92 Å². The Labute approximate surface area is 151 Å². The molecule has 2 N–H and O–H groups in total. The summed E-state index contributed by atoms with van der Waals surface area (Å²) < 4.78 is 23.6.